The van der Waals surface area contributed by atoms with Crippen LogP contribution in [0.5, 0.6) is 0 Å². The van der Waals surface area contributed by atoms with Crippen molar-refractivity contribution >= 4 is 0 Å². The van der Waals surface area contributed by atoms with E-state index in [1.807, 2.05) is 22.9 Å². The zero-order valence-electron chi connectivity index (χ0n) is 17.8. The molecule has 2 aromatic heterocycles. The summed E-state index contributed by atoms with van der Waals surface area (Å²) < 4.78 is 2.00. The Hall–Kier alpha value is -3.39. The molecule has 0 atom stereocenters. The predicted molar refractivity (Wildman–Crippen MR) is 120 cm³/mol. The van der Waals surface area contributed by atoms with Crippen LogP contribution in [0.3, 0.4) is 0 Å². The first-order valence-electron chi connectivity index (χ1n) is 10.8. The maximum Gasteiger partial charge on any atom is 0.205 e. The molecule has 0 saturated carbocycles. The molecule has 0 unspecified atom stereocenters. The summed E-state index contributed by atoms with van der Waals surface area (Å²) in [6, 6.07) is 16.6. The van der Waals surface area contributed by atoms with Gasteiger partial charge in [-0.3, -0.25) is 0 Å². The Labute approximate surface area is 181 Å². The van der Waals surface area contributed by atoms with Crippen molar-refractivity contribution in [2.45, 2.75) is 52.1 Å². The number of tetrazole rings is 1. The van der Waals surface area contributed by atoms with Crippen LogP contribution < -0.4 is 5.73 Å². The number of aryl methyl sites for hydroxylation is 1. The molecule has 0 radical (unpaired) electrons. The first-order chi connectivity index (χ1) is 15.3. The molecule has 31 heavy (non-hydrogen) atoms. The van der Waals surface area contributed by atoms with E-state index in [0.717, 1.165) is 35.4 Å². The second-order valence-corrected chi connectivity index (χ2v) is 7.59. The molecule has 0 bridgehead atoms. The zero-order chi connectivity index (χ0) is 21.5. The number of aromatic amines is 1. The summed E-state index contributed by atoms with van der Waals surface area (Å²) in [5.41, 5.74) is 10.1. The van der Waals surface area contributed by atoms with Crippen molar-refractivity contribution in [2.75, 3.05) is 0 Å². The smallest absolute Gasteiger partial charge is 0.205 e. The summed E-state index contributed by atoms with van der Waals surface area (Å²) in [6.07, 6.45) is 5.76. The van der Waals surface area contributed by atoms with Crippen molar-refractivity contribution in [1.82, 2.24) is 35.4 Å². The topological polar surface area (TPSA) is 111 Å². The lowest BCUT2D eigenvalue weighted by Gasteiger charge is -2.09. The molecular weight excluding hydrogens is 388 g/mol. The van der Waals surface area contributed by atoms with Gasteiger partial charge in [-0.2, -0.15) is 10.3 Å². The summed E-state index contributed by atoms with van der Waals surface area (Å²) >= 11 is 0. The van der Waals surface area contributed by atoms with Gasteiger partial charge in [-0.25, -0.2) is 9.67 Å². The molecule has 8 nitrogen and oxygen atoms in total. The van der Waals surface area contributed by atoms with E-state index >= 15 is 0 Å². The highest BCUT2D eigenvalue weighted by molar-refractivity contribution is 5.80. The molecule has 160 valence electrons. The van der Waals surface area contributed by atoms with Crippen molar-refractivity contribution in [3.8, 4) is 22.5 Å². The van der Waals surface area contributed by atoms with Gasteiger partial charge in [-0.1, -0.05) is 74.7 Å². The Bertz CT molecular complexity index is 1080. The van der Waals surface area contributed by atoms with Crippen LogP contribution in [-0.2, 0) is 19.5 Å². The van der Waals surface area contributed by atoms with E-state index in [4.69, 9.17) is 5.73 Å². The summed E-state index contributed by atoms with van der Waals surface area (Å²) in [7, 11) is 0. The number of nitrogens with one attached hydrogen (secondary N) is 1. The third-order valence-corrected chi connectivity index (χ3v) is 5.34. The van der Waals surface area contributed by atoms with Crippen LogP contribution in [0.2, 0.25) is 0 Å². The highest BCUT2D eigenvalue weighted by Crippen LogP contribution is 2.29. The summed E-state index contributed by atoms with van der Waals surface area (Å²) in [5, 5.41) is 19.1. The number of hydrogen-bond donors (Lipinski definition) is 2. The average Bonchev–Trinajstić information content (AvgIpc) is 3.48. The molecule has 2 heterocycles. The maximum absolute atomic E-state index is 5.79. The third-order valence-electron chi connectivity index (χ3n) is 5.34. The van der Waals surface area contributed by atoms with Crippen LogP contribution in [0.4, 0.5) is 0 Å². The Morgan fingerprint density at radius 1 is 0.968 bits per heavy atom. The third kappa shape index (κ3) is 5.03. The standard InChI is InChI=1S/C23H28N8/c1-2-3-4-5-10-22-25-21(15-24)28-31(22)16-17-11-13-18(14-12-17)19-8-6-7-9-20(19)23-26-29-30-27-23/h6-9,11-14H,2-5,10,15-16,24H2,1H3,(H,26,27,29,30). The number of aromatic nitrogens is 7. The van der Waals surface area contributed by atoms with Gasteiger partial charge in [0.25, 0.3) is 0 Å². The van der Waals surface area contributed by atoms with Crippen molar-refractivity contribution in [2.24, 2.45) is 5.73 Å². The van der Waals surface area contributed by atoms with Crippen LogP contribution in [0.1, 0.15) is 49.8 Å². The summed E-state index contributed by atoms with van der Waals surface area (Å²) in [6.45, 7) is 3.27. The van der Waals surface area contributed by atoms with Crippen molar-refractivity contribution < 1.29 is 0 Å². The number of benzene rings is 2. The lowest BCUT2D eigenvalue weighted by atomic mass is 9.98. The van der Waals surface area contributed by atoms with Gasteiger partial charge in [-0.15, -0.1) is 10.2 Å². The fourth-order valence-electron chi connectivity index (χ4n) is 3.70. The van der Waals surface area contributed by atoms with Gasteiger partial charge in [0.1, 0.15) is 5.82 Å². The number of nitrogens with two attached hydrogens (primary N) is 1. The molecule has 0 aliphatic rings. The first-order valence-corrected chi connectivity index (χ1v) is 10.8. The minimum atomic E-state index is 0.362. The lowest BCUT2D eigenvalue weighted by molar-refractivity contribution is 0.594. The fourth-order valence-corrected chi connectivity index (χ4v) is 3.70. The molecule has 0 aliphatic carbocycles. The minimum absolute atomic E-state index is 0.362. The normalized spacial score (nSPS) is 11.2. The highest BCUT2D eigenvalue weighted by atomic mass is 15.5. The SMILES string of the molecule is CCCCCCc1nc(CN)nn1Cc1ccc(-c2ccccc2-c2nn[nH]n2)cc1. The molecule has 0 aliphatic heterocycles. The Morgan fingerprint density at radius 3 is 2.48 bits per heavy atom. The maximum atomic E-state index is 5.79. The molecule has 8 heteroatoms. The molecule has 4 aromatic rings. The lowest BCUT2D eigenvalue weighted by Crippen LogP contribution is -2.07. The van der Waals surface area contributed by atoms with E-state index in [0.29, 0.717) is 24.7 Å². The number of unbranched alkanes of at least 4 members (excludes halogenated alkanes) is 3. The molecule has 0 fully saturated rings. The van der Waals surface area contributed by atoms with Gasteiger partial charge in [0.2, 0.25) is 5.82 Å². The molecule has 2 aromatic carbocycles. The fraction of sp³-hybridized carbons (Fsp3) is 0.348. The van der Waals surface area contributed by atoms with E-state index in [9.17, 15) is 0 Å². The van der Waals surface area contributed by atoms with Crippen molar-refractivity contribution in [3.05, 3.63) is 65.7 Å². The number of H-pyrrole nitrogens is 1. The first kappa shape index (κ1) is 20.9. The van der Waals surface area contributed by atoms with Gasteiger partial charge in [0.05, 0.1) is 13.1 Å². The van der Waals surface area contributed by atoms with Crippen molar-refractivity contribution in [3.63, 3.8) is 0 Å². The Balaban J connectivity index is 1.52. The van der Waals surface area contributed by atoms with Crippen LogP contribution in [0.25, 0.3) is 22.5 Å². The largest absolute Gasteiger partial charge is 0.324 e. The molecule has 0 saturated heterocycles. The van der Waals surface area contributed by atoms with Gasteiger partial charge in [0.15, 0.2) is 5.82 Å². The number of hydrogen-bond acceptors (Lipinski definition) is 6. The second-order valence-electron chi connectivity index (χ2n) is 7.59. The van der Waals surface area contributed by atoms with E-state index in [1.165, 1.54) is 24.8 Å². The quantitative estimate of drug-likeness (QED) is 0.381. The van der Waals surface area contributed by atoms with Crippen LogP contribution in [0, 0.1) is 0 Å². The Morgan fingerprint density at radius 2 is 1.77 bits per heavy atom. The minimum Gasteiger partial charge on any atom is -0.324 e. The molecular formula is C23H28N8. The zero-order valence-corrected chi connectivity index (χ0v) is 17.8. The van der Waals surface area contributed by atoms with E-state index in [-0.39, 0.29) is 0 Å². The number of rotatable bonds is 10. The monoisotopic (exact) mass is 416 g/mol. The summed E-state index contributed by atoms with van der Waals surface area (Å²) in [4.78, 5) is 4.63. The number of nitrogens with zero attached hydrogens (tertiary/aromatic N) is 6. The van der Waals surface area contributed by atoms with Crippen LogP contribution in [-0.4, -0.2) is 35.4 Å². The van der Waals surface area contributed by atoms with Crippen LogP contribution in [0.15, 0.2) is 48.5 Å². The van der Waals surface area contributed by atoms with Crippen molar-refractivity contribution in [1.29, 1.82) is 0 Å². The van der Waals surface area contributed by atoms with Gasteiger partial charge in [-0.05, 0) is 28.3 Å². The predicted octanol–water partition coefficient (Wildman–Crippen LogP) is 3.76. The van der Waals surface area contributed by atoms with Gasteiger partial charge >= 0.3 is 0 Å². The summed E-state index contributed by atoms with van der Waals surface area (Å²) in [5.74, 6) is 2.31. The van der Waals surface area contributed by atoms with Gasteiger partial charge in [0, 0.05) is 12.0 Å². The molecule has 4 rings (SSSR count). The van der Waals surface area contributed by atoms with E-state index < -0.39 is 0 Å². The highest BCUT2D eigenvalue weighted by Gasteiger charge is 2.12. The average molecular weight is 417 g/mol. The second kappa shape index (κ2) is 10.1. The van der Waals surface area contributed by atoms with Crippen LogP contribution >= 0.6 is 0 Å². The van der Waals surface area contributed by atoms with E-state index in [1.54, 1.807) is 0 Å². The van der Waals surface area contributed by atoms with E-state index in [2.05, 4.69) is 68.0 Å². The molecule has 0 amide bonds. The molecule has 0 spiro atoms. The van der Waals surface area contributed by atoms with Gasteiger partial charge < -0.3 is 5.73 Å². The Kier molecular flexibility index (Phi) is 6.78. The molecule has 3 N–H and O–H groups in total.